The zero-order valence-electron chi connectivity index (χ0n) is 10.6. The molecule has 1 aliphatic carbocycles. The molecule has 1 fully saturated rings. The molecule has 0 saturated heterocycles. The summed E-state index contributed by atoms with van der Waals surface area (Å²) in [5.74, 6) is -0.808. The second-order valence-electron chi connectivity index (χ2n) is 5.24. The largest absolute Gasteiger partial charge is 0.480 e. The van der Waals surface area contributed by atoms with Crippen molar-refractivity contribution in [2.24, 2.45) is 0 Å². The van der Waals surface area contributed by atoms with Crippen molar-refractivity contribution >= 4 is 5.97 Å². The van der Waals surface area contributed by atoms with Gasteiger partial charge in [-0.2, -0.15) is 0 Å². The fourth-order valence-corrected chi connectivity index (χ4v) is 1.74. The maximum absolute atomic E-state index is 11.2. The lowest BCUT2D eigenvalue weighted by Crippen LogP contribution is -2.47. The summed E-state index contributed by atoms with van der Waals surface area (Å²) in [5.41, 5.74) is 0.225. The van der Waals surface area contributed by atoms with Crippen LogP contribution in [0.2, 0.25) is 0 Å². The molecule has 1 saturated carbocycles. The van der Waals surface area contributed by atoms with Gasteiger partial charge in [-0.15, -0.1) is 0 Å². The SMILES string of the molecule is CN(Cc1cncn1C1CC1)C(C)(C)C(=O)O. The molecular weight excluding hydrogens is 218 g/mol. The number of carboxylic acids is 1. The van der Waals surface area contributed by atoms with Crippen molar-refractivity contribution in [2.45, 2.75) is 44.8 Å². The zero-order chi connectivity index (χ0) is 12.6. The molecule has 5 heteroatoms. The van der Waals surface area contributed by atoms with Crippen LogP contribution in [0.4, 0.5) is 0 Å². The molecule has 1 N–H and O–H groups in total. The third-order valence-electron chi connectivity index (χ3n) is 3.56. The van der Waals surface area contributed by atoms with E-state index in [4.69, 9.17) is 5.11 Å². The van der Waals surface area contributed by atoms with Crippen LogP contribution in [0.1, 0.15) is 38.4 Å². The molecule has 0 atom stereocenters. The lowest BCUT2D eigenvalue weighted by molar-refractivity contribution is -0.148. The van der Waals surface area contributed by atoms with Crippen LogP contribution in [0.5, 0.6) is 0 Å². The quantitative estimate of drug-likeness (QED) is 0.843. The van der Waals surface area contributed by atoms with Crippen molar-refractivity contribution in [1.82, 2.24) is 14.5 Å². The number of imidazole rings is 1. The van der Waals surface area contributed by atoms with Crippen molar-refractivity contribution in [3.05, 3.63) is 18.2 Å². The highest BCUT2D eigenvalue weighted by Crippen LogP contribution is 2.36. The van der Waals surface area contributed by atoms with Gasteiger partial charge in [0.05, 0.1) is 12.0 Å². The second-order valence-corrected chi connectivity index (χ2v) is 5.24. The van der Waals surface area contributed by atoms with E-state index in [1.807, 2.05) is 24.5 Å². The highest BCUT2D eigenvalue weighted by molar-refractivity contribution is 5.77. The lowest BCUT2D eigenvalue weighted by Gasteiger charge is -2.31. The fourth-order valence-electron chi connectivity index (χ4n) is 1.74. The van der Waals surface area contributed by atoms with E-state index < -0.39 is 11.5 Å². The fraction of sp³-hybridized carbons (Fsp3) is 0.667. The van der Waals surface area contributed by atoms with Crippen molar-refractivity contribution < 1.29 is 9.90 Å². The topological polar surface area (TPSA) is 58.4 Å². The minimum absolute atomic E-state index is 0.578. The van der Waals surface area contributed by atoms with Gasteiger partial charge in [0, 0.05) is 18.8 Å². The van der Waals surface area contributed by atoms with Crippen LogP contribution in [-0.2, 0) is 11.3 Å². The highest BCUT2D eigenvalue weighted by Gasteiger charge is 2.33. The summed E-state index contributed by atoms with van der Waals surface area (Å²) < 4.78 is 2.16. The summed E-state index contributed by atoms with van der Waals surface area (Å²) in [5, 5.41) is 9.17. The van der Waals surface area contributed by atoms with Crippen LogP contribution in [0.25, 0.3) is 0 Å². The van der Waals surface area contributed by atoms with Gasteiger partial charge in [0.1, 0.15) is 5.54 Å². The van der Waals surface area contributed by atoms with E-state index in [2.05, 4.69) is 9.55 Å². The first-order valence-corrected chi connectivity index (χ1v) is 5.88. The van der Waals surface area contributed by atoms with E-state index in [-0.39, 0.29) is 0 Å². The summed E-state index contributed by atoms with van der Waals surface area (Å²) in [6.07, 6.45) is 6.08. The minimum atomic E-state index is -0.862. The number of carbonyl (C=O) groups is 1. The Morgan fingerprint density at radius 2 is 2.29 bits per heavy atom. The average Bonchev–Trinajstić information content (AvgIpc) is 2.99. The normalized spacial score (nSPS) is 16.5. The van der Waals surface area contributed by atoms with Crippen LogP contribution < -0.4 is 0 Å². The van der Waals surface area contributed by atoms with Gasteiger partial charge in [0.25, 0.3) is 0 Å². The number of carboxylic acid groups (broad SMARTS) is 1. The first-order chi connectivity index (χ1) is 7.93. The van der Waals surface area contributed by atoms with Crippen molar-refractivity contribution in [3.8, 4) is 0 Å². The van der Waals surface area contributed by atoms with Crippen LogP contribution in [0, 0.1) is 0 Å². The van der Waals surface area contributed by atoms with Gasteiger partial charge in [0.15, 0.2) is 0 Å². The Morgan fingerprint density at radius 1 is 1.65 bits per heavy atom. The maximum atomic E-state index is 11.2. The molecule has 0 bridgehead atoms. The first kappa shape index (κ1) is 12.1. The van der Waals surface area contributed by atoms with E-state index in [9.17, 15) is 4.79 Å². The summed E-state index contributed by atoms with van der Waals surface area (Å²) in [4.78, 5) is 17.1. The molecule has 1 aromatic heterocycles. The Bertz CT molecular complexity index is 421. The Labute approximate surface area is 101 Å². The van der Waals surface area contributed by atoms with Gasteiger partial charge in [-0.1, -0.05) is 0 Å². The van der Waals surface area contributed by atoms with Crippen molar-refractivity contribution in [1.29, 1.82) is 0 Å². The molecule has 1 aromatic rings. The van der Waals surface area contributed by atoms with Crippen LogP contribution in [0.15, 0.2) is 12.5 Å². The molecule has 0 aromatic carbocycles. The van der Waals surface area contributed by atoms with Crippen LogP contribution in [0.3, 0.4) is 0 Å². The number of likely N-dealkylation sites (N-methyl/N-ethyl adjacent to an activating group) is 1. The number of hydrogen-bond acceptors (Lipinski definition) is 3. The van der Waals surface area contributed by atoms with Crippen molar-refractivity contribution in [2.75, 3.05) is 7.05 Å². The molecular formula is C12H19N3O2. The Balaban J connectivity index is 2.09. The number of rotatable bonds is 5. The van der Waals surface area contributed by atoms with E-state index in [1.165, 1.54) is 12.8 Å². The third-order valence-corrected chi connectivity index (χ3v) is 3.56. The van der Waals surface area contributed by atoms with Gasteiger partial charge < -0.3 is 9.67 Å². The highest BCUT2D eigenvalue weighted by atomic mass is 16.4. The lowest BCUT2D eigenvalue weighted by atomic mass is 10.0. The molecule has 2 rings (SSSR count). The van der Waals surface area contributed by atoms with E-state index in [1.54, 1.807) is 13.8 Å². The molecule has 5 nitrogen and oxygen atoms in total. The smallest absolute Gasteiger partial charge is 0.323 e. The average molecular weight is 237 g/mol. The Morgan fingerprint density at radius 3 is 2.82 bits per heavy atom. The standard InChI is InChI=1S/C12H19N3O2/c1-12(2,11(16)17)14(3)7-10-6-13-8-15(10)9-4-5-9/h6,8-9H,4-5,7H2,1-3H3,(H,16,17). The molecule has 0 unspecified atom stereocenters. The zero-order valence-corrected chi connectivity index (χ0v) is 10.6. The molecule has 1 heterocycles. The molecule has 0 aliphatic heterocycles. The molecule has 0 radical (unpaired) electrons. The van der Waals surface area contributed by atoms with E-state index >= 15 is 0 Å². The summed E-state index contributed by atoms with van der Waals surface area (Å²) in [6, 6.07) is 0.578. The van der Waals surface area contributed by atoms with E-state index in [0.29, 0.717) is 12.6 Å². The molecule has 0 amide bonds. The van der Waals surface area contributed by atoms with Gasteiger partial charge in [-0.25, -0.2) is 4.98 Å². The molecule has 94 valence electrons. The maximum Gasteiger partial charge on any atom is 0.323 e. The van der Waals surface area contributed by atoms with Crippen LogP contribution in [-0.4, -0.2) is 38.1 Å². The van der Waals surface area contributed by atoms with E-state index in [0.717, 1.165) is 5.69 Å². The Hall–Kier alpha value is -1.36. The molecule has 1 aliphatic rings. The van der Waals surface area contributed by atoms with Gasteiger partial charge in [-0.05, 0) is 33.7 Å². The number of hydrogen-bond donors (Lipinski definition) is 1. The van der Waals surface area contributed by atoms with Gasteiger partial charge in [0.2, 0.25) is 0 Å². The van der Waals surface area contributed by atoms with Gasteiger partial charge >= 0.3 is 5.97 Å². The number of aromatic nitrogens is 2. The van der Waals surface area contributed by atoms with Crippen LogP contribution >= 0.6 is 0 Å². The summed E-state index contributed by atoms with van der Waals surface area (Å²) >= 11 is 0. The van der Waals surface area contributed by atoms with Gasteiger partial charge in [-0.3, -0.25) is 9.69 Å². The first-order valence-electron chi connectivity index (χ1n) is 5.88. The monoisotopic (exact) mass is 237 g/mol. The molecule has 17 heavy (non-hydrogen) atoms. The van der Waals surface area contributed by atoms with Crippen molar-refractivity contribution in [3.63, 3.8) is 0 Å². The second kappa shape index (κ2) is 4.14. The predicted molar refractivity (Wildman–Crippen MR) is 63.7 cm³/mol. The third kappa shape index (κ3) is 2.34. The predicted octanol–water partition coefficient (Wildman–Crippen LogP) is 1.51. The minimum Gasteiger partial charge on any atom is -0.480 e. The summed E-state index contributed by atoms with van der Waals surface area (Å²) in [6.45, 7) is 4.04. The number of nitrogens with zero attached hydrogens (tertiary/aromatic N) is 3. The summed E-state index contributed by atoms with van der Waals surface area (Å²) in [7, 11) is 1.83. The molecule has 0 spiro atoms. The number of aliphatic carboxylic acids is 1. The Kier molecular flexibility index (Phi) is 2.95.